The number of hydrogen-bond acceptors (Lipinski definition) is 5. The van der Waals surface area contributed by atoms with E-state index in [1.54, 1.807) is 7.11 Å². The van der Waals surface area contributed by atoms with Crippen LogP contribution in [0.25, 0.3) is 0 Å². The van der Waals surface area contributed by atoms with E-state index in [1.807, 2.05) is 6.07 Å². The van der Waals surface area contributed by atoms with E-state index in [2.05, 4.69) is 19.1 Å². The maximum atomic E-state index is 11.4. The van der Waals surface area contributed by atoms with Crippen molar-refractivity contribution in [1.29, 1.82) is 0 Å². The van der Waals surface area contributed by atoms with Gasteiger partial charge in [-0.05, 0) is 48.9 Å². The molecule has 0 radical (unpaired) electrons. The van der Waals surface area contributed by atoms with Crippen LogP contribution in [-0.4, -0.2) is 42.9 Å². The highest BCUT2D eigenvalue weighted by Crippen LogP contribution is 2.78. The van der Waals surface area contributed by atoms with E-state index < -0.39 is 17.5 Å². The molecule has 4 fully saturated rings. The Bertz CT molecular complexity index is 787. The predicted molar refractivity (Wildman–Crippen MR) is 92.9 cm³/mol. The molecule has 5 aliphatic rings. The van der Waals surface area contributed by atoms with Gasteiger partial charge in [0.05, 0.1) is 26.4 Å². The summed E-state index contributed by atoms with van der Waals surface area (Å²) in [6.45, 7) is 3.56. The molecule has 140 valence electrons. The molecule has 3 aliphatic carbocycles. The first-order valence-electron chi connectivity index (χ1n) is 9.85. The molecular formula is C21H26O5. The van der Waals surface area contributed by atoms with Gasteiger partial charge in [-0.15, -0.1) is 0 Å². The Morgan fingerprint density at radius 1 is 1.19 bits per heavy atom. The monoisotopic (exact) mass is 358 g/mol. The average Bonchev–Trinajstić information content (AvgIpc) is 2.98. The topological polar surface area (TPSA) is 60.5 Å². The number of methoxy groups -OCH3 is 1. The zero-order chi connectivity index (χ0) is 17.8. The Hall–Kier alpha value is -1.14. The number of aryl methyl sites for hydroxylation is 1. The van der Waals surface area contributed by atoms with Gasteiger partial charge in [0.15, 0.2) is 5.79 Å². The molecule has 2 aliphatic heterocycles. The molecule has 6 rings (SSSR count). The van der Waals surface area contributed by atoms with E-state index in [-0.39, 0.29) is 11.0 Å². The van der Waals surface area contributed by atoms with Gasteiger partial charge in [-0.25, -0.2) is 0 Å². The number of aliphatic hydroxyl groups is 1. The minimum Gasteiger partial charge on any atom is -0.497 e. The lowest BCUT2D eigenvalue weighted by atomic mass is 9.53. The maximum absolute atomic E-state index is 11.4. The third-order valence-electron chi connectivity index (χ3n) is 8.21. The summed E-state index contributed by atoms with van der Waals surface area (Å²) in [4.78, 5) is 0. The summed E-state index contributed by atoms with van der Waals surface area (Å²) in [7, 11) is 1.70. The molecule has 0 bridgehead atoms. The van der Waals surface area contributed by atoms with E-state index in [0.29, 0.717) is 25.6 Å². The Kier molecular flexibility index (Phi) is 2.83. The Labute approximate surface area is 153 Å². The van der Waals surface area contributed by atoms with Crippen molar-refractivity contribution < 1.29 is 24.1 Å². The molecule has 5 heteroatoms. The summed E-state index contributed by atoms with van der Waals surface area (Å²) < 4.78 is 24.3. The molecule has 2 heterocycles. The van der Waals surface area contributed by atoms with Crippen LogP contribution in [0.15, 0.2) is 18.2 Å². The molecule has 0 unspecified atom stereocenters. The lowest BCUT2D eigenvalue weighted by Gasteiger charge is -2.51. The summed E-state index contributed by atoms with van der Waals surface area (Å²) in [5.41, 5.74) is 1.38. The largest absolute Gasteiger partial charge is 0.497 e. The zero-order valence-corrected chi connectivity index (χ0v) is 15.4. The van der Waals surface area contributed by atoms with Gasteiger partial charge in [-0.1, -0.05) is 13.0 Å². The first-order chi connectivity index (χ1) is 12.5. The van der Waals surface area contributed by atoms with Gasteiger partial charge < -0.3 is 24.1 Å². The van der Waals surface area contributed by atoms with Gasteiger partial charge in [0.25, 0.3) is 0 Å². The van der Waals surface area contributed by atoms with E-state index in [9.17, 15) is 5.11 Å². The highest BCUT2D eigenvalue weighted by Gasteiger charge is 2.86. The second-order valence-corrected chi connectivity index (χ2v) is 8.93. The third kappa shape index (κ3) is 1.48. The molecule has 2 saturated heterocycles. The van der Waals surface area contributed by atoms with Crippen LogP contribution in [0, 0.1) is 11.3 Å². The standard InChI is InChI=1S/C21H26O5/c1-18-12-17(22)21-15-4-3-14(23-2)11-13(15)5-7-19(21,26-21)16(18)6-8-20(18)24-9-10-25-20/h3-4,11,16-17,22H,5-10,12H2,1-2H3/t16-,17-,18+,19+,21-/m1/s1. The van der Waals surface area contributed by atoms with Gasteiger partial charge in [0.1, 0.15) is 17.0 Å². The summed E-state index contributed by atoms with van der Waals surface area (Å²) in [5.74, 6) is 0.689. The van der Waals surface area contributed by atoms with Gasteiger partial charge >= 0.3 is 0 Å². The molecule has 1 aromatic carbocycles. The lowest BCUT2D eigenvalue weighted by molar-refractivity contribution is -0.242. The molecule has 0 amide bonds. The van der Waals surface area contributed by atoms with Gasteiger partial charge in [0.2, 0.25) is 0 Å². The van der Waals surface area contributed by atoms with Crippen LogP contribution in [0.3, 0.4) is 0 Å². The summed E-state index contributed by atoms with van der Waals surface area (Å²) >= 11 is 0. The zero-order valence-electron chi connectivity index (χ0n) is 15.4. The highest BCUT2D eigenvalue weighted by molar-refractivity contribution is 5.50. The van der Waals surface area contributed by atoms with Crippen LogP contribution in [0.2, 0.25) is 0 Å². The lowest BCUT2D eigenvalue weighted by Crippen LogP contribution is -2.59. The average molecular weight is 358 g/mol. The van der Waals surface area contributed by atoms with Crippen molar-refractivity contribution >= 4 is 0 Å². The summed E-state index contributed by atoms with van der Waals surface area (Å²) in [6, 6.07) is 6.20. The predicted octanol–water partition coefficient (Wildman–Crippen LogP) is 2.53. The van der Waals surface area contributed by atoms with E-state index in [4.69, 9.17) is 18.9 Å². The minimum absolute atomic E-state index is 0.201. The number of rotatable bonds is 1. The summed E-state index contributed by atoms with van der Waals surface area (Å²) in [5, 5.41) is 11.4. The first-order valence-corrected chi connectivity index (χ1v) is 9.85. The summed E-state index contributed by atoms with van der Waals surface area (Å²) in [6.07, 6.45) is 3.96. The molecule has 2 saturated carbocycles. The second-order valence-electron chi connectivity index (χ2n) is 8.93. The molecule has 0 aromatic heterocycles. The quantitative estimate of drug-likeness (QED) is 0.782. The number of fused-ring (bicyclic) bond motifs is 3. The normalized spacial score (nSPS) is 47.0. The third-order valence-corrected chi connectivity index (χ3v) is 8.21. The fourth-order valence-electron chi connectivity index (χ4n) is 7.13. The van der Waals surface area contributed by atoms with Gasteiger partial charge in [-0.2, -0.15) is 0 Å². The van der Waals surface area contributed by atoms with Crippen molar-refractivity contribution in [2.24, 2.45) is 11.3 Å². The van der Waals surface area contributed by atoms with Crippen LogP contribution < -0.4 is 4.74 Å². The minimum atomic E-state index is -0.554. The van der Waals surface area contributed by atoms with E-state index in [0.717, 1.165) is 37.0 Å². The number of benzene rings is 1. The maximum Gasteiger partial charge on any atom is 0.174 e. The number of epoxide rings is 1. The molecule has 1 spiro atoms. The molecule has 26 heavy (non-hydrogen) atoms. The van der Waals surface area contributed by atoms with Gasteiger partial charge in [-0.3, -0.25) is 0 Å². The molecular weight excluding hydrogens is 332 g/mol. The number of ether oxygens (including phenoxy) is 4. The van der Waals surface area contributed by atoms with Crippen LogP contribution in [0.4, 0.5) is 0 Å². The Balaban J connectivity index is 1.47. The van der Waals surface area contributed by atoms with Gasteiger partial charge in [0, 0.05) is 17.8 Å². The van der Waals surface area contributed by atoms with Crippen molar-refractivity contribution in [3.8, 4) is 5.75 Å². The number of aliphatic hydroxyl groups excluding tert-OH is 1. The molecule has 5 atom stereocenters. The van der Waals surface area contributed by atoms with Crippen molar-refractivity contribution in [1.82, 2.24) is 0 Å². The SMILES string of the molecule is COc1ccc2c(c1)CC[C@@]13O[C@@]21[C@H](O)C[C@@]1(C)[C@H]3CCC12OCCO2. The number of hydrogen-bond donors (Lipinski definition) is 1. The smallest absolute Gasteiger partial charge is 0.174 e. The highest BCUT2D eigenvalue weighted by atomic mass is 16.7. The molecule has 1 N–H and O–H groups in total. The Morgan fingerprint density at radius 3 is 2.77 bits per heavy atom. The fraction of sp³-hybridized carbons (Fsp3) is 0.714. The van der Waals surface area contributed by atoms with Crippen molar-refractivity contribution in [3.05, 3.63) is 29.3 Å². The van der Waals surface area contributed by atoms with Crippen molar-refractivity contribution in [2.45, 2.75) is 62.1 Å². The van der Waals surface area contributed by atoms with E-state index >= 15 is 0 Å². The van der Waals surface area contributed by atoms with Crippen LogP contribution in [-0.2, 0) is 26.2 Å². The molecule has 5 nitrogen and oxygen atoms in total. The second kappa shape index (κ2) is 4.64. The van der Waals surface area contributed by atoms with Crippen LogP contribution in [0.5, 0.6) is 5.75 Å². The van der Waals surface area contributed by atoms with E-state index in [1.165, 1.54) is 5.56 Å². The van der Waals surface area contributed by atoms with Crippen molar-refractivity contribution in [3.63, 3.8) is 0 Å². The molecule has 1 aromatic rings. The first kappa shape index (κ1) is 15.9. The van der Waals surface area contributed by atoms with Crippen LogP contribution in [0.1, 0.15) is 43.7 Å². The van der Waals surface area contributed by atoms with Crippen LogP contribution >= 0.6 is 0 Å². The van der Waals surface area contributed by atoms with Crippen molar-refractivity contribution in [2.75, 3.05) is 20.3 Å². The Morgan fingerprint density at radius 2 is 2.00 bits per heavy atom. The fourth-order valence-corrected chi connectivity index (χ4v) is 7.13.